The fourth-order valence-electron chi connectivity index (χ4n) is 2.28. The lowest BCUT2D eigenvalue weighted by atomic mass is 10.1. The Hall–Kier alpha value is -2.20. The van der Waals surface area contributed by atoms with Crippen molar-refractivity contribution in [3.05, 3.63) is 53.6 Å². The highest BCUT2D eigenvalue weighted by atomic mass is 16.7. The monoisotopic (exact) mass is 271 g/mol. The first-order valence-electron chi connectivity index (χ1n) is 6.62. The molecule has 20 heavy (non-hydrogen) atoms. The van der Waals surface area contributed by atoms with E-state index in [9.17, 15) is 5.11 Å². The Morgan fingerprint density at radius 2 is 2.00 bits per heavy atom. The number of hydrogen-bond acceptors (Lipinski definition) is 4. The predicted molar refractivity (Wildman–Crippen MR) is 77.0 cm³/mol. The molecular weight excluding hydrogens is 254 g/mol. The van der Waals surface area contributed by atoms with Crippen LogP contribution in [0.2, 0.25) is 0 Å². The maximum absolute atomic E-state index is 9.19. The standard InChI is InChI=1S/C16H17NO3/c1-11(13-4-2-3-12(7-13)9-18)17-14-5-6-15-16(8-14)20-10-19-15/h2-8,11,17-18H,9-10H2,1H3. The highest BCUT2D eigenvalue weighted by Gasteiger charge is 2.14. The maximum Gasteiger partial charge on any atom is 0.231 e. The van der Waals surface area contributed by atoms with E-state index in [2.05, 4.69) is 12.2 Å². The molecule has 0 amide bonds. The zero-order chi connectivity index (χ0) is 13.9. The van der Waals surface area contributed by atoms with Crippen molar-refractivity contribution in [3.8, 4) is 11.5 Å². The van der Waals surface area contributed by atoms with Crippen LogP contribution < -0.4 is 14.8 Å². The molecule has 1 heterocycles. The SMILES string of the molecule is CC(Nc1ccc2c(c1)OCO2)c1cccc(CO)c1. The van der Waals surface area contributed by atoms with E-state index in [1.54, 1.807) is 0 Å². The lowest BCUT2D eigenvalue weighted by Crippen LogP contribution is -2.06. The molecule has 104 valence electrons. The first-order chi connectivity index (χ1) is 9.76. The van der Waals surface area contributed by atoms with Crippen LogP contribution in [0.25, 0.3) is 0 Å². The number of hydrogen-bond donors (Lipinski definition) is 2. The van der Waals surface area contributed by atoms with Crippen LogP contribution in [0.5, 0.6) is 11.5 Å². The Morgan fingerprint density at radius 3 is 2.85 bits per heavy atom. The minimum atomic E-state index is 0.0601. The molecule has 0 fully saturated rings. The van der Waals surface area contributed by atoms with Gasteiger partial charge in [-0.2, -0.15) is 0 Å². The number of anilines is 1. The lowest BCUT2D eigenvalue weighted by molar-refractivity contribution is 0.174. The summed E-state index contributed by atoms with van der Waals surface area (Å²) in [5.41, 5.74) is 3.03. The van der Waals surface area contributed by atoms with Crippen LogP contribution in [0.1, 0.15) is 24.1 Å². The van der Waals surface area contributed by atoms with E-state index in [0.717, 1.165) is 28.3 Å². The van der Waals surface area contributed by atoms with Gasteiger partial charge in [-0.05, 0) is 30.2 Å². The molecule has 0 radical (unpaired) electrons. The first-order valence-corrected chi connectivity index (χ1v) is 6.62. The van der Waals surface area contributed by atoms with Crippen molar-refractivity contribution < 1.29 is 14.6 Å². The molecule has 0 spiro atoms. The summed E-state index contributed by atoms with van der Waals surface area (Å²) in [7, 11) is 0. The Labute approximate surface area is 118 Å². The Bertz CT molecular complexity index is 612. The second-order valence-electron chi connectivity index (χ2n) is 4.84. The van der Waals surface area contributed by atoms with Crippen LogP contribution in [-0.2, 0) is 6.61 Å². The number of fused-ring (bicyclic) bond motifs is 1. The van der Waals surface area contributed by atoms with Gasteiger partial charge < -0.3 is 19.9 Å². The van der Waals surface area contributed by atoms with Gasteiger partial charge in [0.25, 0.3) is 0 Å². The molecular formula is C16H17NO3. The average Bonchev–Trinajstić information content (AvgIpc) is 2.95. The van der Waals surface area contributed by atoms with Crippen LogP contribution in [0.3, 0.4) is 0 Å². The highest BCUT2D eigenvalue weighted by Crippen LogP contribution is 2.35. The highest BCUT2D eigenvalue weighted by molar-refractivity contribution is 5.56. The molecule has 4 nitrogen and oxygen atoms in total. The number of aliphatic hydroxyl groups excluding tert-OH is 1. The van der Waals surface area contributed by atoms with Gasteiger partial charge in [-0.15, -0.1) is 0 Å². The van der Waals surface area contributed by atoms with Crippen LogP contribution in [0, 0.1) is 0 Å². The summed E-state index contributed by atoms with van der Waals surface area (Å²) in [6.07, 6.45) is 0. The number of nitrogens with one attached hydrogen (secondary N) is 1. The van der Waals surface area contributed by atoms with Crippen molar-refractivity contribution in [1.29, 1.82) is 0 Å². The van der Waals surface area contributed by atoms with Gasteiger partial charge in [-0.25, -0.2) is 0 Å². The largest absolute Gasteiger partial charge is 0.454 e. The normalized spacial score (nSPS) is 14.1. The summed E-state index contributed by atoms with van der Waals surface area (Å²) >= 11 is 0. The molecule has 0 saturated heterocycles. The topological polar surface area (TPSA) is 50.7 Å². The fraction of sp³-hybridized carbons (Fsp3) is 0.250. The molecule has 0 bridgehead atoms. The maximum atomic E-state index is 9.19. The van der Waals surface area contributed by atoms with E-state index in [1.807, 2.05) is 42.5 Å². The molecule has 2 aromatic rings. The van der Waals surface area contributed by atoms with Crippen LogP contribution in [0.15, 0.2) is 42.5 Å². The summed E-state index contributed by atoms with van der Waals surface area (Å²) in [6.45, 7) is 2.43. The van der Waals surface area contributed by atoms with Gasteiger partial charge in [0.1, 0.15) is 0 Å². The van der Waals surface area contributed by atoms with Gasteiger partial charge in [0.2, 0.25) is 6.79 Å². The smallest absolute Gasteiger partial charge is 0.231 e. The van der Waals surface area contributed by atoms with Gasteiger partial charge in [-0.1, -0.05) is 24.3 Å². The summed E-state index contributed by atoms with van der Waals surface area (Å²) < 4.78 is 10.7. The molecule has 3 rings (SSSR count). The van der Waals surface area contributed by atoms with E-state index in [1.165, 1.54) is 0 Å². The lowest BCUT2D eigenvalue weighted by Gasteiger charge is -2.16. The first kappa shape index (κ1) is 12.8. The molecule has 1 aliphatic heterocycles. The van der Waals surface area contributed by atoms with E-state index < -0.39 is 0 Å². The Kier molecular flexibility index (Phi) is 3.48. The van der Waals surface area contributed by atoms with Crippen LogP contribution in [0.4, 0.5) is 5.69 Å². The third kappa shape index (κ3) is 2.56. The quantitative estimate of drug-likeness (QED) is 0.897. The van der Waals surface area contributed by atoms with E-state index in [-0.39, 0.29) is 19.4 Å². The van der Waals surface area contributed by atoms with E-state index in [0.29, 0.717) is 0 Å². The van der Waals surface area contributed by atoms with Crippen molar-refractivity contribution in [1.82, 2.24) is 0 Å². The summed E-state index contributed by atoms with van der Waals surface area (Å²) in [5, 5.41) is 12.6. The fourth-order valence-corrected chi connectivity index (χ4v) is 2.28. The van der Waals surface area contributed by atoms with Gasteiger partial charge >= 0.3 is 0 Å². The van der Waals surface area contributed by atoms with Crippen LogP contribution >= 0.6 is 0 Å². The summed E-state index contributed by atoms with van der Waals surface area (Å²) in [5.74, 6) is 1.55. The van der Waals surface area contributed by atoms with Gasteiger partial charge in [0.05, 0.1) is 6.61 Å². The predicted octanol–water partition coefficient (Wildman–Crippen LogP) is 3.08. The Balaban J connectivity index is 1.76. The van der Waals surface area contributed by atoms with Crippen molar-refractivity contribution in [2.75, 3.05) is 12.1 Å². The second kappa shape index (κ2) is 5.43. The van der Waals surface area contributed by atoms with Gasteiger partial charge in [0, 0.05) is 17.8 Å². The Morgan fingerprint density at radius 1 is 1.15 bits per heavy atom. The molecule has 2 N–H and O–H groups in total. The van der Waals surface area contributed by atoms with E-state index >= 15 is 0 Å². The minimum absolute atomic E-state index is 0.0601. The number of rotatable bonds is 4. The molecule has 1 unspecified atom stereocenters. The van der Waals surface area contributed by atoms with Crippen molar-refractivity contribution >= 4 is 5.69 Å². The zero-order valence-electron chi connectivity index (χ0n) is 11.3. The molecule has 2 aromatic carbocycles. The zero-order valence-corrected chi connectivity index (χ0v) is 11.3. The number of aliphatic hydroxyl groups is 1. The van der Waals surface area contributed by atoms with Crippen molar-refractivity contribution in [3.63, 3.8) is 0 Å². The van der Waals surface area contributed by atoms with Crippen molar-refractivity contribution in [2.24, 2.45) is 0 Å². The third-order valence-electron chi connectivity index (χ3n) is 3.39. The van der Waals surface area contributed by atoms with Gasteiger partial charge in [0.15, 0.2) is 11.5 Å². The number of ether oxygens (including phenoxy) is 2. The molecule has 4 heteroatoms. The van der Waals surface area contributed by atoms with Crippen LogP contribution in [-0.4, -0.2) is 11.9 Å². The summed E-state index contributed by atoms with van der Waals surface area (Å²) in [6, 6.07) is 13.9. The molecule has 1 aliphatic rings. The van der Waals surface area contributed by atoms with E-state index in [4.69, 9.17) is 9.47 Å². The van der Waals surface area contributed by atoms with Crippen molar-refractivity contribution in [2.45, 2.75) is 19.6 Å². The molecule has 1 atom stereocenters. The summed E-state index contributed by atoms with van der Waals surface area (Å²) in [4.78, 5) is 0. The minimum Gasteiger partial charge on any atom is -0.454 e. The molecule has 0 aliphatic carbocycles. The molecule has 0 aromatic heterocycles. The van der Waals surface area contributed by atoms with Gasteiger partial charge in [-0.3, -0.25) is 0 Å². The average molecular weight is 271 g/mol. The second-order valence-corrected chi connectivity index (χ2v) is 4.84. The molecule has 0 saturated carbocycles. The third-order valence-corrected chi connectivity index (χ3v) is 3.39. The number of benzene rings is 2.